The van der Waals surface area contributed by atoms with Crippen molar-refractivity contribution < 1.29 is 8.78 Å². The van der Waals surface area contributed by atoms with E-state index in [1.807, 2.05) is 6.07 Å². The largest absolute Gasteiger partial charge is 0.207 e. The molecular weight excluding hydrogens is 298 g/mol. The minimum absolute atomic E-state index is 0.0840. The molecule has 1 aromatic carbocycles. The molecule has 0 radical (unpaired) electrons. The Morgan fingerprint density at radius 3 is 2.40 bits per heavy atom. The summed E-state index contributed by atoms with van der Waals surface area (Å²) in [6, 6.07) is 7.67. The normalized spacial score (nSPS) is 13.5. The van der Waals surface area contributed by atoms with Gasteiger partial charge in [-0.15, -0.1) is 22.9 Å². The van der Waals surface area contributed by atoms with Crippen LogP contribution >= 0.6 is 22.9 Å². The highest BCUT2D eigenvalue weighted by Gasteiger charge is 2.19. The molecule has 2 aromatic rings. The van der Waals surface area contributed by atoms with Gasteiger partial charge in [-0.2, -0.15) is 0 Å². The van der Waals surface area contributed by atoms with Gasteiger partial charge >= 0.3 is 0 Å². The van der Waals surface area contributed by atoms with Gasteiger partial charge in [0, 0.05) is 15.8 Å². The van der Waals surface area contributed by atoms with Crippen molar-refractivity contribution in [2.75, 3.05) is 0 Å². The van der Waals surface area contributed by atoms with Crippen molar-refractivity contribution in [3.63, 3.8) is 0 Å². The number of alkyl halides is 1. The fourth-order valence-corrected chi connectivity index (χ4v) is 3.32. The molecule has 0 aliphatic heterocycles. The molecule has 2 rings (SSSR count). The summed E-state index contributed by atoms with van der Waals surface area (Å²) in [6.45, 7) is 6.43. The second-order valence-electron chi connectivity index (χ2n) is 5.86. The van der Waals surface area contributed by atoms with E-state index < -0.39 is 11.6 Å². The minimum atomic E-state index is -0.566. The molecule has 0 aliphatic carbocycles. The molecule has 1 aromatic heterocycles. The van der Waals surface area contributed by atoms with Gasteiger partial charge < -0.3 is 0 Å². The molecule has 0 nitrogen and oxygen atoms in total. The Hall–Kier alpha value is -0.930. The van der Waals surface area contributed by atoms with Gasteiger partial charge in [-0.1, -0.05) is 26.8 Å². The molecule has 108 valence electrons. The Bertz CT molecular complexity index is 599. The van der Waals surface area contributed by atoms with Crippen LogP contribution in [0.5, 0.6) is 0 Å². The Labute approximate surface area is 127 Å². The first-order valence-corrected chi connectivity index (χ1v) is 7.71. The van der Waals surface area contributed by atoms with Crippen LogP contribution in [0.2, 0.25) is 0 Å². The van der Waals surface area contributed by atoms with Crippen LogP contribution in [0, 0.1) is 11.6 Å². The number of thiophene rings is 1. The highest BCUT2D eigenvalue weighted by atomic mass is 35.5. The van der Waals surface area contributed by atoms with E-state index in [4.69, 9.17) is 11.6 Å². The highest BCUT2D eigenvalue weighted by molar-refractivity contribution is 7.12. The van der Waals surface area contributed by atoms with Crippen LogP contribution < -0.4 is 0 Å². The molecule has 4 heteroatoms. The van der Waals surface area contributed by atoms with Gasteiger partial charge in [0.15, 0.2) is 0 Å². The fourth-order valence-electron chi connectivity index (χ4n) is 1.91. The van der Waals surface area contributed by atoms with Crippen molar-refractivity contribution in [1.29, 1.82) is 0 Å². The summed E-state index contributed by atoms with van der Waals surface area (Å²) in [6.07, 6.45) is 0.359. The van der Waals surface area contributed by atoms with Gasteiger partial charge in [0.2, 0.25) is 0 Å². The van der Waals surface area contributed by atoms with Crippen molar-refractivity contribution >= 4 is 22.9 Å². The Morgan fingerprint density at radius 1 is 1.15 bits per heavy atom. The number of hydrogen-bond acceptors (Lipinski definition) is 1. The second-order valence-corrected chi connectivity index (χ2v) is 7.50. The predicted octanol–water partition coefficient (Wildman–Crippen LogP) is 5.85. The summed E-state index contributed by atoms with van der Waals surface area (Å²) in [5.41, 5.74) is 0.526. The second kappa shape index (κ2) is 5.82. The summed E-state index contributed by atoms with van der Waals surface area (Å²) in [5.74, 6) is -1.10. The fraction of sp³-hybridized carbons (Fsp3) is 0.375. The lowest BCUT2D eigenvalue weighted by Gasteiger charge is -2.15. The first kappa shape index (κ1) is 15.5. The van der Waals surface area contributed by atoms with Crippen LogP contribution in [-0.2, 0) is 11.8 Å². The summed E-state index contributed by atoms with van der Waals surface area (Å²) >= 11 is 8.01. The summed E-state index contributed by atoms with van der Waals surface area (Å²) in [5, 5.41) is -0.295. The maximum atomic E-state index is 13.6. The highest BCUT2D eigenvalue weighted by Crippen LogP contribution is 2.36. The molecule has 20 heavy (non-hydrogen) atoms. The molecule has 1 atom stereocenters. The maximum absolute atomic E-state index is 13.6. The van der Waals surface area contributed by atoms with Crippen molar-refractivity contribution in [1.82, 2.24) is 0 Å². The molecule has 0 fully saturated rings. The van der Waals surface area contributed by atoms with E-state index in [-0.39, 0.29) is 10.8 Å². The lowest BCUT2D eigenvalue weighted by Crippen LogP contribution is -2.07. The van der Waals surface area contributed by atoms with Crippen LogP contribution in [0.15, 0.2) is 30.3 Å². The molecular formula is C16H17ClF2S. The molecule has 0 amide bonds. The maximum Gasteiger partial charge on any atom is 0.129 e. The first-order chi connectivity index (χ1) is 9.27. The zero-order valence-electron chi connectivity index (χ0n) is 11.7. The smallest absolute Gasteiger partial charge is 0.129 e. The van der Waals surface area contributed by atoms with Crippen LogP contribution in [0.3, 0.4) is 0 Å². The number of benzene rings is 1. The molecule has 1 unspecified atom stereocenters. The van der Waals surface area contributed by atoms with Gasteiger partial charge in [-0.25, -0.2) is 8.78 Å². The molecule has 0 N–H and O–H groups in total. The van der Waals surface area contributed by atoms with E-state index in [1.165, 1.54) is 17.0 Å². The van der Waals surface area contributed by atoms with E-state index in [0.29, 0.717) is 12.0 Å². The van der Waals surface area contributed by atoms with E-state index in [9.17, 15) is 8.78 Å². The van der Waals surface area contributed by atoms with Crippen LogP contribution in [0.25, 0.3) is 0 Å². The predicted molar refractivity (Wildman–Crippen MR) is 81.7 cm³/mol. The lowest BCUT2D eigenvalue weighted by atomic mass is 9.95. The monoisotopic (exact) mass is 314 g/mol. The molecule has 0 saturated carbocycles. The lowest BCUT2D eigenvalue weighted by molar-refractivity contribution is 0.571. The van der Waals surface area contributed by atoms with Crippen LogP contribution in [0.1, 0.15) is 41.5 Å². The molecule has 0 bridgehead atoms. The third kappa shape index (κ3) is 3.58. The molecule has 1 heterocycles. The number of hydrogen-bond donors (Lipinski definition) is 0. The Morgan fingerprint density at radius 2 is 1.85 bits per heavy atom. The molecule has 0 spiro atoms. The minimum Gasteiger partial charge on any atom is -0.207 e. The average Bonchev–Trinajstić information content (AvgIpc) is 2.82. The van der Waals surface area contributed by atoms with Crippen molar-refractivity contribution in [2.45, 2.75) is 38.0 Å². The third-order valence-corrected chi connectivity index (χ3v) is 5.23. The first-order valence-electron chi connectivity index (χ1n) is 6.45. The summed E-state index contributed by atoms with van der Waals surface area (Å²) in [4.78, 5) is 2.26. The van der Waals surface area contributed by atoms with Gasteiger partial charge in [0.1, 0.15) is 11.6 Å². The Balaban J connectivity index is 2.16. The van der Waals surface area contributed by atoms with Gasteiger partial charge in [0.25, 0.3) is 0 Å². The van der Waals surface area contributed by atoms with Crippen molar-refractivity contribution in [3.8, 4) is 0 Å². The van der Waals surface area contributed by atoms with E-state index in [0.717, 1.165) is 10.9 Å². The molecule has 0 aliphatic rings. The van der Waals surface area contributed by atoms with E-state index >= 15 is 0 Å². The number of rotatable bonds is 3. The standard InChI is InChI=1S/C16H17ClF2S/c1-16(2,3)15-7-6-14(20-15)12(17)8-10-4-5-11(18)9-13(10)19/h4-7,9,12H,8H2,1-3H3. The number of halogens is 3. The summed E-state index contributed by atoms with van der Waals surface area (Å²) in [7, 11) is 0. The topological polar surface area (TPSA) is 0 Å². The summed E-state index contributed by atoms with van der Waals surface area (Å²) < 4.78 is 26.5. The molecule has 0 saturated heterocycles. The quantitative estimate of drug-likeness (QED) is 0.624. The van der Waals surface area contributed by atoms with Crippen molar-refractivity contribution in [2.24, 2.45) is 0 Å². The zero-order chi connectivity index (χ0) is 14.9. The van der Waals surface area contributed by atoms with Gasteiger partial charge in [-0.3, -0.25) is 0 Å². The van der Waals surface area contributed by atoms with Crippen LogP contribution in [0.4, 0.5) is 8.78 Å². The van der Waals surface area contributed by atoms with Gasteiger partial charge in [0.05, 0.1) is 5.38 Å². The Kier molecular flexibility index (Phi) is 4.50. The van der Waals surface area contributed by atoms with E-state index in [2.05, 4.69) is 26.8 Å². The SMILES string of the molecule is CC(C)(C)c1ccc(C(Cl)Cc2ccc(F)cc2F)s1. The van der Waals surface area contributed by atoms with Gasteiger partial charge in [-0.05, 0) is 35.6 Å². The van der Waals surface area contributed by atoms with Crippen molar-refractivity contribution in [3.05, 3.63) is 57.3 Å². The van der Waals surface area contributed by atoms with Crippen LogP contribution in [-0.4, -0.2) is 0 Å². The third-order valence-electron chi connectivity index (χ3n) is 3.09. The zero-order valence-corrected chi connectivity index (χ0v) is 13.3. The van der Waals surface area contributed by atoms with E-state index in [1.54, 1.807) is 11.3 Å². The average molecular weight is 315 g/mol.